The number of nitrogens with one attached hydrogen (secondary N) is 1. The number of hydrogen-bond donors (Lipinski definition) is 1. The molecule has 0 fully saturated rings. The molecule has 0 heterocycles. The summed E-state index contributed by atoms with van der Waals surface area (Å²) in [5, 5.41) is 3.04. The molecule has 0 saturated carbocycles. The fourth-order valence-corrected chi connectivity index (χ4v) is 2.02. The minimum absolute atomic E-state index is 0.219. The zero-order valence-electron chi connectivity index (χ0n) is 12.5. The van der Waals surface area contributed by atoms with Crippen LogP contribution in [0.1, 0.15) is 19.4 Å². The maximum absolute atomic E-state index is 14.1. The molecule has 0 aliphatic heterocycles. The summed E-state index contributed by atoms with van der Waals surface area (Å²) in [6.07, 6.45) is 0. The van der Waals surface area contributed by atoms with Gasteiger partial charge in [0, 0.05) is 30.9 Å². The first kappa shape index (κ1) is 15.3. The van der Waals surface area contributed by atoms with Gasteiger partial charge in [0.15, 0.2) is 0 Å². The van der Waals surface area contributed by atoms with E-state index in [2.05, 4.69) is 5.32 Å². The lowest BCUT2D eigenvalue weighted by molar-refractivity contribution is 0.611. The van der Waals surface area contributed by atoms with E-state index in [0.717, 1.165) is 0 Å². The zero-order chi connectivity index (χ0) is 15.4. The molecular formula is C17H20F2N2. The normalized spacial score (nSPS) is 10.8. The average molecular weight is 290 g/mol. The van der Waals surface area contributed by atoms with E-state index in [9.17, 15) is 8.78 Å². The lowest BCUT2D eigenvalue weighted by atomic mass is 10.2. The first-order chi connectivity index (χ1) is 9.99. The fraction of sp³-hybridized carbons (Fsp3) is 0.294. The molecule has 2 aromatic carbocycles. The summed E-state index contributed by atoms with van der Waals surface area (Å²) in [6, 6.07) is 11.7. The van der Waals surface area contributed by atoms with E-state index < -0.39 is 0 Å². The van der Waals surface area contributed by atoms with Crippen LogP contribution in [0.3, 0.4) is 0 Å². The summed E-state index contributed by atoms with van der Waals surface area (Å²) >= 11 is 0. The van der Waals surface area contributed by atoms with Crippen LogP contribution in [0.4, 0.5) is 20.2 Å². The summed E-state index contributed by atoms with van der Waals surface area (Å²) in [4.78, 5) is 1.87. The number of nitrogens with zero attached hydrogens (tertiary/aromatic N) is 1. The molecular weight excluding hydrogens is 270 g/mol. The molecule has 112 valence electrons. The lowest BCUT2D eigenvalue weighted by Crippen LogP contribution is -2.26. The second-order valence-electron chi connectivity index (χ2n) is 5.32. The Kier molecular flexibility index (Phi) is 4.78. The molecule has 0 aliphatic rings. The van der Waals surface area contributed by atoms with Gasteiger partial charge in [-0.3, -0.25) is 0 Å². The molecule has 0 unspecified atom stereocenters. The molecule has 0 atom stereocenters. The van der Waals surface area contributed by atoms with E-state index >= 15 is 0 Å². The van der Waals surface area contributed by atoms with Gasteiger partial charge in [-0.1, -0.05) is 18.2 Å². The van der Waals surface area contributed by atoms with Crippen LogP contribution in [-0.4, -0.2) is 13.1 Å². The summed E-state index contributed by atoms with van der Waals surface area (Å²) < 4.78 is 27.6. The summed E-state index contributed by atoms with van der Waals surface area (Å²) in [7, 11) is 1.86. The Bertz CT molecular complexity index is 611. The van der Waals surface area contributed by atoms with Gasteiger partial charge >= 0.3 is 0 Å². The number of halogens is 2. The van der Waals surface area contributed by atoms with Crippen LogP contribution < -0.4 is 10.2 Å². The third kappa shape index (κ3) is 3.72. The molecule has 0 spiro atoms. The molecule has 0 radical (unpaired) electrons. The smallest absolute Gasteiger partial charge is 0.148 e. The third-order valence-corrected chi connectivity index (χ3v) is 3.54. The van der Waals surface area contributed by atoms with Crippen molar-refractivity contribution in [3.63, 3.8) is 0 Å². The van der Waals surface area contributed by atoms with E-state index in [4.69, 9.17) is 0 Å². The van der Waals surface area contributed by atoms with Crippen LogP contribution in [0.15, 0.2) is 42.5 Å². The van der Waals surface area contributed by atoms with Crippen molar-refractivity contribution in [1.82, 2.24) is 0 Å². The Morgan fingerprint density at radius 2 is 1.76 bits per heavy atom. The number of hydrogen-bond acceptors (Lipinski definition) is 2. The molecule has 2 rings (SSSR count). The van der Waals surface area contributed by atoms with E-state index in [-0.39, 0.29) is 17.7 Å². The molecule has 1 N–H and O–H groups in total. The summed E-state index contributed by atoms with van der Waals surface area (Å²) in [5.74, 6) is -0.550. The van der Waals surface area contributed by atoms with Crippen LogP contribution in [0.25, 0.3) is 0 Å². The maximum atomic E-state index is 14.1. The molecule has 4 heteroatoms. The van der Waals surface area contributed by atoms with Gasteiger partial charge in [-0.2, -0.15) is 0 Å². The SMILES string of the molecule is CC(C)N(C)c1ccc(NCc2ccccc2F)cc1F. The van der Waals surface area contributed by atoms with Crippen molar-refractivity contribution in [2.24, 2.45) is 0 Å². The third-order valence-electron chi connectivity index (χ3n) is 3.54. The van der Waals surface area contributed by atoms with Crippen LogP contribution in [0, 0.1) is 11.6 Å². The number of benzene rings is 2. The lowest BCUT2D eigenvalue weighted by Gasteiger charge is -2.24. The Morgan fingerprint density at radius 3 is 2.38 bits per heavy atom. The Labute approximate surface area is 124 Å². The monoisotopic (exact) mass is 290 g/mol. The quantitative estimate of drug-likeness (QED) is 0.876. The van der Waals surface area contributed by atoms with Crippen molar-refractivity contribution < 1.29 is 8.78 Å². The van der Waals surface area contributed by atoms with E-state index in [1.165, 1.54) is 12.1 Å². The largest absolute Gasteiger partial charge is 0.381 e. The molecule has 0 aliphatic carbocycles. The highest BCUT2D eigenvalue weighted by molar-refractivity contribution is 5.56. The van der Waals surface area contributed by atoms with Gasteiger partial charge < -0.3 is 10.2 Å². The fourth-order valence-electron chi connectivity index (χ4n) is 2.02. The van der Waals surface area contributed by atoms with Gasteiger partial charge in [-0.25, -0.2) is 8.78 Å². The molecule has 2 aromatic rings. The van der Waals surface area contributed by atoms with Gasteiger partial charge in [0.2, 0.25) is 0 Å². The topological polar surface area (TPSA) is 15.3 Å². The van der Waals surface area contributed by atoms with Gasteiger partial charge in [0.05, 0.1) is 5.69 Å². The highest BCUT2D eigenvalue weighted by Crippen LogP contribution is 2.23. The van der Waals surface area contributed by atoms with Crippen molar-refractivity contribution in [3.05, 3.63) is 59.7 Å². The summed E-state index contributed by atoms with van der Waals surface area (Å²) in [6.45, 7) is 4.33. The van der Waals surface area contributed by atoms with E-state index in [1.54, 1.807) is 30.3 Å². The predicted molar refractivity (Wildman–Crippen MR) is 83.7 cm³/mol. The average Bonchev–Trinajstić information content (AvgIpc) is 2.46. The maximum Gasteiger partial charge on any atom is 0.148 e. The van der Waals surface area contributed by atoms with Crippen LogP contribution >= 0.6 is 0 Å². The van der Waals surface area contributed by atoms with Crippen molar-refractivity contribution >= 4 is 11.4 Å². The Balaban J connectivity index is 2.09. The highest BCUT2D eigenvalue weighted by atomic mass is 19.1. The van der Waals surface area contributed by atoms with Crippen LogP contribution in [-0.2, 0) is 6.54 Å². The molecule has 21 heavy (non-hydrogen) atoms. The molecule has 0 saturated heterocycles. The second-order valence-corrected chi connectivity index (χ2v) is 5.32. The first-order valence-corrected chi connectivity index (χ1v) is 6.98. The minimum atomic E-state index is -0.287. The van der Waals surface area contributed by atoms with Crippen molar-refractivity contribution in [2.45, 2.75) is 26.4 Å². The van der Waals surface area contributed by atoms with Gasteiger partial charge in [-0.05, 0) is 38.1 Å². The van der Waals surface area contributed by atoms with Crippen molar-refractivity contribution in [2.75, 3.05) is 17.3 Å². The van der Waals surface area contributed by atoms with Crippen LogP contribution in [0.2, 0.25) is 0 Å². The van der Waals surface area contributed by atoms with Gasteiger partial charge in [0.25, 0.3) is 0 Å². The number of anilines is 2. The van der Waals surface area contributed by atoms with Crippen LogP contribution in [0.5, 0.6) is 0 Å². The molecule has 0 bridgehead atoms. The van der Waals surface area contributed by atoms with E-state index in [1.807, 2.05) is 25.8 Å². The predicted octanol–water partition coefficient (Wildman–Crippen LogP) is 4.42. The minimum Gasteiger partial charge on any atom is -0.381 e. The second kappa shape index (κ2) is 6.57. The van der Waals surface area contributed by atoms with Gasteiger partial charge in [-0.15, -0.1) is 0 Å². The highest BCUT2D eigenvalue weighted by Gasteiger charge is 2.11. The van der Waals surface area contributed by atoms with Crippen molar-refractivity contribution in [1.29, 1.82) is 0 Å². The zero-order valence-corrected chi connectivity index (χ0v) is 12.5. The van der Waals surface area contributed by atoms with E-state index in [0.29, 0.717) is 23.5 Å². The van der Waals surface area contributed by atoms with Gasteiger partial charge in [0.1, 0.15) is 11.6 Å². The molecule has 2 nitrogen and oxygen atoms in total. The van der Waals surface area contributed by atoms with Crippen molar-refractivity contribution in [3.8, 4) is 0 Å². The Morgan fingerprint density at radius 1 is 1.05 bits per heavy atom. The Hall–Kier alpha value is -2.10. The first-order valence-electron chi connectivity index (χ1n) is 6.98. The molecule has 0 aromatic heterocycles. The number of rotatable bonds is 5. The summed E-state index contributed by atoms with van der Waals surface area (Å²) in [5.41, 5.74) is 1.75. The standard InChI is InChI=1S/C17H20F2N2/c1-12(2)21(3)17-9-8-14(10-16(17)19)20-11-13-6-4-5-7-15(13)18/h4-10,12,20H,11H2,1-3H3. The molecule has 0 amide bonds.